The first-order valence-corrected chi connectivity index (χ1v) is 18.1. The lowest BCUT2D eigenvalue weighted by Crippen LogP contribution is -2.39. The highest BCUT2D eigenvalue weighted by Crippen LogP contribution is 2.27. The summed E-state index contributed by atoms with van der Waals surface area (Å²) >= 11 is 1.18. The predicted molar refractivity (Wildman–Crippen MR) is 183 cm³/mol. The molecule has 0 radical (unpaired) electrons. The summed E-state index contributed by atoms with van der Waals surface area (Å²) in [6, 6.07) is 17.7. The number of anilines is 2. The van der Waals surface area contributed by atoms with E-state index in [0.717, 1.165) is 0 Å². The van der Waals surface area contributed by atoms with Crippen LogP contribution in [-0.4, -0.2) is 53.3 Å². The molecule has 0 saturated heterocycles. The number of nitrogens with one attached hydrogen (secondary N) is 3. The van der Waals surface area contributed by atoms with E-state index < -0.39 is 35.7 Å². The fourth-order valence-electron chi connectivity index (χ4n) is 3.37. The molecule has 2 rings (SSSR count). The molecule has 0 bridgehead atoms. The van der Waals surface area contributed by atoms with Crippen molar-refractivity contribution in [1.82, 2.24) is 5.32 Å². The smallest absolute Gasteiger partial charge is 0.194 e. The lowest BCUT2D eigenvalue weighted by atomic mass is 10.1. The SMILES string of the molecule is COc1cccc(NC(NC(C)(C)C)=C(C#N)S(=O)(=O)C(C)C)c1.COc1cccc(NC(SC)=C(C#N)S(=O)(=O)C(C)C)c1. The average Bonchev–Trinajstić information content (AvgIpc) is 2.96. The minimum atomic E-state index is -3.73. The van der Waals surface area contributed by atoms with Gasteiger partial charge in [-0.3, -0.25) is 0 Å². The van der Waals surface area contributed by atoms with Crippen LogP contribution in [0.5, 0.6) is 11.5 Å². The van der Waals surface area contributed by atoms with Crippen LogP contribution in [0.15, 0.2) is 69.2 Å². The third-order valence-corrected chi connectivity index (χ3v) is 10.9. The Morgan fingerprint density at radius 3 is 1.56 bits per heavy atom. The molecule has 0 heterocycles. The Morgan fingerprint density at radius 2 is 1.20 bits per heavy atom. The fourth-order valence-corrected chi connectivity index (χ4v) is 6.32. The molecule has 0 atom stereocenters. The number of benzene rings is 2. The van der Waals surface area contributed by atoms with Gasteiger partial charge in [-0.05, 0) is 79.0 Å². The summed E-state index contributed by atoms with van der Waals surface area (Å²) in [5.41, 5.74) is 0.841. The van der Waals surface area contributed by atoms with E-state index in [2.05, 4.69) is 16.0 Å². The summed E-state index contributed by atoms with van der Waals surface area (Å²) in [5, 5.41) is 26.7. The van der Waals surface area contributed by atoms with Gasteiger partial charge in [0, 0.05) is 29.0 Å². The van der Waals surface area contributed by atoms with Crippen LogP contribution in [0, 0.1) is 22.7 Å². The molecule has 2 aromatic carbocycles. The van der Waals surface area contributed by atoms with E-state index in [1.54, 1.807) is 103 Å². The zero-order valence-corrected chi connectivity index (χ0v) is 29.8. The number of hydrogen-bond donors (Lipinski definition) is 3. The van der Waals surface area contributed by atoms with Gasteiger partial charge in [-0.2, -0.15) is 10.5 Å². The van der Waals surface area contributed by atoms with Gasteiger partial charge >= 0.3 is 0 Å². The van der Waals surface area contributed by atoms with Crippen LogP contribution in [0.4, 0.5) is 11.4 Å². The molecular weight excluding hydrogens is 635 g/mol. The molecule has 45 heavy (non-hydrogen) atoms. The number of rotatable bonds is 12. The number of allylic oxidation sites excluding steroid dienone is 2. The molecule has 3 N–H and O–H groups in total. The zero-order chi connectivity index (χ0) is 34.6. The molecule has 11 nitrogen and oxygen atoms in total. The van der Waals surface area contributed by atoms with Crippen LogP contribution in [0.25, 0.3) is 0 Å². The number of sulfone groups is 2. The van der Waals surface area contributed by atoms with Crippen molar-refractivity contribution in [3.05, 3.63) is 69.2 Å². The van der Waals surface area contributed by atoms with Crippen molar-refractivity contribution in [2.45, 2.75) is 64.5 Å². The highest BCUT2D eigenvalue weighted by molar-refractivity contribution is 8.04. The van der Waals surface area contributed by atoms with Crippen molar-refractivity contribution >= 4 is 42.8 Å². The second-order valence-corrected chi connectivity index (χ2v) is 16.8. The van der Waals surface area contributed by atoms with Gasteiger partial charge in [0.2, 0.25) is 0 Å². The first kappa shape index (κ1) is 39.2. The fraction of sp³-hybridized carbons (Fsp3) is 0.419. The molecule has 0 spiro atoms. The Morgan fingerprint density at radius 1 is 0.778 bits per heavy atom. The number of nitrogens with zero attached hydrogens (tertiary/aromatic N) is 2. The van der Waals surface area contributed by atoms with Gasteiger partial charge < -0.3 is 25.4 Å². The van der Waals surface area contributed by atoms with E-state index in [0.29, 0.717) is 27.9 Å². The van der Waals surface area contributed by atoms with E-state index in [1.807, 2.05) is 26.8 Å². The summed E-state index contributed by atoms with van der Waals surface area (Å²) in [5.74, 6) is 1.43. The minimum Gasteiger partial charge on any atom is -0.497 e. The van der Waals surface area contributed by atoms with Gasteiger partial charge in [0.25, 0.3) is 0 Å². The molecule has 0 unspecified atom stereocenters. The Labute approximate surface area is 272 Å². The van der Waals surface area contributed by atoms with Gasteiger partial charge in [-0.25, -0.2) is 16.8 Å². The van der Waals surface area contributed by atoms with E-state index in [1.165, 1.54) is 11.8 Å². The van der Waals surface area contributed by atoms with Gasteiger partial charge in [0.05, 0.1) is 24.7 Å². The maximum Gasteiger partial charge on any atom is 0.194 e. The quantitative estimate of drug-likeness (QED) is 0.224. The largest absolute Gasteiger partial charge is 0.497 e. The molecule has 0 aliphatic carbocycles. The molecule has 2 aromatic rings. The molecular formula is C31H43N5O6S3. The van der Waals surface area contributed by atoms with Gasteiger partial charge in [0.1, 0.15) is 34.5 Å². The molecule has 0 aliphatic heterocycles. The minimum absolute atomic E-state index is 0.159. The summed E-state index contributed by atoms with van der Waals surface area (Å²) < 4.78 is 59.8. The standard InChI is InChI=1S/C17H25N3O3S.C14H18N2O3S2/c1-12(2)24(21,22)15(11-18)16(20-17(3,4)5)19-13-8-7-9-14(10-13)23-6;1-10(2)21(17,18)13(9-15)14(20-4)16-11-6-5-7-12(8-11)19-3/h7-10,12,19-20H,1-6H3;5-8,10,16H,1-4H3. The summed E-state index contributed by atoms with van der Waals surface area (Å²) in [6.07, 6.45) is 1.72. The van der Waals surface area contributed by atoms with Gasteiger partial charge in [0.15, 0.2) is 29.5 Å². The number of methoxy groups -OCH3 is 2. The van der Waals surface area contributed by atoms with Crippen LogP contribution in [0.3, 0.4) is 0 Å². The first-order valence-electron chi connectivity index (χ1n) is 13.8. The predicted octanol–water partition coefficient (Wildman–Crippen LogP) is 6.00. The van der Waals surface area contributed by atoms with Gasteiger partial charge in [-0.15, -0.1) is 11.8 Å². The van der Waals surface area contributed by atoms with Gasteiger partial charge in [-0.1, -0.05) is 12.1 Å². The van der Waals surface area contributed by atoms with Crippen molar-refractivity contribution in [2.75, 3.05) is 31.1 Å². The Bertz CT molecular complexity index is 1680. The molecule has 0 aromatic heterocycles. The van der Waals surface area contributed by atoms with Crippen molar-refractivity contribution in [3.63, 3.8) is 0 Å². The number of ether oxygens (including phenoxy) is 2. The van der Waals surface area contributed by atoms with E-state index in [4.69, 9.17) is 9.47 Å². The van der Waals surface area contributed by atoms with Crippen molar-refractivity contribution in [2.24, 2.45) is 0 Å². The molecule has 14 heteroatoms. The number of hydrogen-bond acceptors (Lipinski definition) is 12. The van der Waals surface area contributed by atoms with E-state index in [9.17, 15) is 27.4 Å². The topological polar surface area (TPSA) is 170 Å². The highest BCUT2D eigenvalue weighted by Gasteiger charge is 2.28. The summed E-state index contributed by atoms with van der Waals surface area (Å²) in [7, 11) is -4.27. The number of nitriles is 2. The molecule has 246 valence electrons. The maximum atomic E-state index is 12.5. The second-order valence-electron chi connectivity index (χ2n) is 11.1. The van der Waals surface area contributed by atoms with Crippen molar-refractivity contribution < 1.29 is 26.3 Å². The van der Waals surface area contributed by atoms with Crippen molar-refractivity contribution in [3.8, 4) is 23.6 Å². The molecule has 0 aliphatic rings. The third kappa shape index (κ3) is 11.5. The summed E-state index contributed by atoms with van der Waals surface area (Å²) in [4.78, 5) is -0.553. The lowest BCUT2D eigenvalue weighted by molar-refractivity contribution is 0.415. The Kier molecular flexibility index (Phi) is 14.8. The van der Waals surface area contributed by atoms with Crippen LogP contribution in [-0.2, 0) is 19.7 Å². The summed E-state index contributed by atoms with van der Waals surface area (Å²) in [6.45, 7) is 11.9. The third-order valence-electron chi connectivity index (χ3n) is 5.82. The van der Waals surface area contributed by atoms with Crippen LogP contribution >= 0.6 is 11.8 Å². The number of thioether (sulfide) groups is 1. The average molecular weight is 678 g/mol. The molecule has 0 fully saturated rings. The van der Waals surface area contributed by atoms with Crippen LogP contribution in [0.2, 0.25) is 0 Å². The Hall–Kier alpha value is -3.85. The highest BCUT2D eigenvalue weighted by atomic mass is 32.2. The Balaban J connectivity index is 0.000000454. The molecule has 0 amide bonds. The monoisotopic (exact) mass is 677 g/mol. The normalized spacial score (nSPS) is 12.8. The van der Waals surface area contributed by atoms with E-state index in [-0.39, 0.29) is 15.6 Å². The van der Waals surface area contributed by atoms with Crippen LogP contribution in [0.1, 0.15) is 48.5 Å². The molecule has 0 saturated carbocycles. The maximum absolute atomic E-state index is 12.5. The van der Waals surface area contributed by atoms with Crippen molar-refractivity contribution in [1.29, 1.82) is 10.5 Å². The first-order chi connectivity index (χ1) is 20.9. The van der Waals surface area contributed by atoms with E-state index >= 15 is 0 Å². The van der Waals surface area contributed by atoms with Crippen LogP contribution < -0.4 is 25.4 Å². The zero-order valence-electron chi connectivity index (χ0n) is 27.3. The lowest BCUT2D eigenvalue weighted by Gasteiger charge is -2.26. The second kappa shape index (κ2) is 17.0.